The quantitative estimate of drug-likeness (QED) is 0.505. The van der Waals surface area contributed by atoms with Gasteiger partial charge in [-0.1, -0.05) is 81.5 Å². The van der Waals surface area contributed by atoms with E-state index in [1.54, 1.807) is 0 Å². The fraction of sp³-hybridized carbons (Fsp3) is 0.952. The second-order valence-corrected chi connectivity index (χ2v) is 9.88. The maximum absolute atomic E-state index is 6.13. The highest BCUT2D eigenvalue weighted by molar-refractivity contribution is 7.80. The molecule has 0 radical (unpaired) electrons. The number of hydrogen-bond donors (Lipinski definition) is 0. The SMILES string of the molecule is CC(C)C1C(=S)C(C(C)C)C(C(C)C)C(C(C)C)C1C(C)C. The second kappa shape index (κ2) is 7.77. The van der Waals surface area contributed by atoms with E-state index in [1.165, 1.54) is 4.86 Å². The largest absolute Gasteiger partial charge is 0.0890 e. The van der Waals surface area contributed by atoms with Gasteiger partial charge in [-0.25, -0.2) is 0 Å². The Morgan fingerprint density at radius 2 is 0.773 bits per heavy atom. The number of hydrogen-bond acceptors (Lipinski definition) is 1. The van der Waals surface area contributed by atoms with E-state index in [2.05, 4.69) is 69.2 Å². The second-order valence-electron chi connectivity index (χ2n) is 9.41. The fourth-order valence-electron chi connectivity index (χ4n) is 5.49. The summed E-state index contributed by atoms with van der Waals surface area (Å²) in [4.78, 5) is 1.40. The van der Waals surface area contributed by atoms with Gasteiger partial charge in [0, 0.05) is 4.86 Å². The van der Waals surface area contributed by atoms with Crippen LogP contribution in [-0.4, -0.2) is 4.86 Å². The van der Waals surface area contributed by atoms with Crippen molar-refractivity contribution >= 4 is 17.1 Å². The smallest absolute Gasteiger partial charge is 0.000135 e. The molecule has 1 heteroatoms. The Labute approximate surface area is 145 Å². The van der Waals surface area contributed by atoms with Crippen LogP contribution in [0.4, 0.5) is 0 Å². The van der Waals surface area contributed by atoms with Crippen LogP contribution in [0.2, 0.25) is 0 Å². The molecule has 1 aliphatic carbocycles. The highest BCUT2D eigenvalue weighted by Crippen LogP contribution is 2.53. The fourth-order valence-corrected chi connectivity index (χ4v) is 6.35. The van der Waals surface area contributed by atoms with Gasteiger partial charge in [-0.15, -0.1) is 0 Å². The van der Waals surface area contributed by atoms with Gasteiger partial charge in [-0.05, 0) is 59.2 Å². The normalized spacial score (nSPS) is 33.8. The molecule has 0 aliphatic heterocycles. The zero-order valence-electron chi connectivity index (χ0n) is 16.7. The summed E-state index contributed by atoms with van der Waals surface area (Å²) in [5.41, 5.74) is 0. The molecule has 1 fully saturated rings. The minimum atomic E-state index is 0.616. The van der Waals surface area contributed by atoms with Crippen LogP contribution >= 0.6 is 12.2 Å². The van der Waals surface area contributed by atoms with Crippen molar-refractivity contribution in [3.63, 3.8) is 0 Å². The predicted octanol–water partition coefficient (Wildman–Crippen LogP) is 6.73. The standard InChI is InChI=1S/C21H40S/c1-11(2)16-17(12(3)4)19(14(7)8)21(22)20(15(9)10)18(16)13(5)6/h11-20H,1-10H3. The van der Waals surface area contributed by atoms with Crippen molar-refractivity contribution in [2.75, 3.05) is 0 Å². The molecule has 1 aliphatic rings. The van der Waals surface area contributed by atoms with Gasteiger partial charge >= 0.3 is 0 Å². The lowest BCUT2D eigenvalue weighted by molar-refractivity contribution is 0.00666. The molecule has 0 aromatic rings. The topological polar surface area (TPSA) is 0 Å². The van der Waals surface area contributed by atoms with Crippen molar-refractivity contribution in [2.24, 2.45) is 59.2 Å². The molecule has 0 aromatic heterocycles. The predicted molar refractivity (Wildman–Crippen MR) is 104 cm³/mol. The average Bonchev–Trinajstić information content (AvgIpc) is 2.34. The molecule has 22 heavy (non-hydrogen) atoms. The minimum absolute atomic E-state index is 0.616. The van der Waals surface area contributed by atoms with Gasteiger partial charge < -0.3 is 0 Å². The Bertz CT molecular complexity index is 334. The van der Waals surface area contributed by atoms with E-state index in [9.17, 15) is 0 Å². The first-order valence-electron chi connectivity index (χ1n) is 9.55. The summed E-state index contributed by atoms with van der Waals surface area (Å²) in [5.74, 6) is 7.02. The van der Waals surface area contributed by atoms with Crippen LogP contribution in [0.15, 0.2) is 0 Å². The van der Waals surface area contributed by atoms with E-state index in [0.717, 1.165) is 23.7 Å². The first-order valence-corrected chi connectivity index (χ1v) is 9.96. The number of thiocarbonyl (C=S) groups is 1. The Morgan fingerprint density at radius 3 is 0.955 bits per heavy atom. The Balaban J connectivity index is 3.46. The van der Waals surface area contributed by atoms with Gasteiger partial charge in [0.05, 0.1) is 0 Å². The van der Waals surface area contributed by atoms with Gasteiger partial charge in [-0.3, -0.25) is 0 Å². The molecule has 0 nitrogen and oxygen atoms in total. The molecule has 0 heterocycles. The minimum Gasteiger partial charge on any atom is -0.0890 e. The van der Waals surface area contributed by atoms with Gasteiger partial charge in [0.2, 0.25) is 0 Å². The first kappa shape index (κ1) is 20.1. The average molecular weight is 325 g/mol. The zero-order chi connectivity index (χ0) is 17.4. The van der Waals surface area contributed by atoms with E-state index >= 15 is 0 Å². The van der Waals surface area contributed by atoms with Gasteiger partial charge in [0.25, 0.3) is 0 Å². The van der Waals surface area contributed by atoms with E-state index in [4.69, 9.17) is 12.2 Å². The van der Waals surface area contributed by atoms with Crippen molar-refractivity contribution in [3.8, 4) is 0 Å². The number of rotatable bonds is 5. The Hall–Kier alpha value is 0.0900. The van der Waals surface area contributed by atoms with Gasteiger partial charge in [0.15, 0.2) is 0 Å². The van der Waals surface area contributed by atoms with E-state index in [0.29, 0.717) is 35.5 Å². The summed E-state index contributed by atoms with van der Waals surface area (Å²) >= 11 is 6.13. The van der Waals surface area contributed by atoms with Crippen LogP contribution in [0.25, 0.3) is 0 Å². The summed E-state index contributed by atoms with van der Waals surface area (Å²) < 4.78 is 0. The van der Waals surface area contributed by atoms with E-state index in [1.807, 2.05) is 0 Å². The van der Waals surface area contributed by atoms with Crippen molar-refractivity contribution in [3.05, 3.63) is 0 Å². The van der Waals surface area contributed by atoms with Crippen molar-refractivity contribution in [1.29, 1.82) is 0 Å². The first-order chi connectivity index (χ1) is 10.0. The molecule has 130 valence electrons. The molecule has 1 saturated carbocycles. The molecule has 0 bridgehead atoms. The molecular formula is C21H40S. The van der Waals surface area contributed by atoms with Crippen LogP contribution in [0.3, 0.4) is 0 Å². The van der Waals surface area contributed by atoms with Gasteiger partial charge in [-0.2, -0.15) is 0 Å². The molecule has 4 atom stereocenters. The van der Waals surface area contributed by atoms with Gasteiger partial charge in [0.1, 0.15) is 0 Å². The molecular weight excluding hydrogens is 284 g/mol. The summed E-state index contributed by atoms with van der Waals surface area (Å²) in [5, 5.41) is 0. The van der Waals surface area contributed by atoms with Crippen LogP contribution in [0.1, 0.15) is 69.2 Å². The molecule has 1 rings (SSSR count). The third-order valence-electron chi connectivity index (χ3n) is 6.12. The molecule has 0 N–H and O–H groups in total. The lowest BCUT2D eigenvalue weighted by Crippen LogP contribution is -2.54. The lowest BCUT2D eigenvalue weighted by atomic mass is 9.50. The monoisotopic (exact) mass is 324 g/mol. The lowest BCUT2D eigenvalue weighted by Gasteiger charge is -2.55. The molecule has 0 amide bonds. The van der Waals surface area contributed by atoms with Crippen molar-refractivity contribution < 1.29 is 0 Å². The third-order valence-corrected chi connectivity index (χ3v) is 6.67. The van der Waals surface area contributed by atoms with Crippen molar-refractivity contribution in [2.45, 2.75) is 69.2 Å². The maximum atomic E-state index is 6.13. The zero-order valence-corrected chi connectivity index (χ0v) is 17.5. The summed E-state index contributed by atoms with van der Waals surface area (Å²) in [7, 11) is 0. The van der Waals surface area contributed by atoms with Crippen LogP contribution in [0, 0.1) is 59.2 Å². The Kier molecular flexibility index (Phi) is 7.12. The van der Waals surface area contributed by atoms with Crippen LogP contribution < -0.4 is 0 Å². The molecule has 0 spiro atoms. The summed E-state index contributed by atoms with van der Waals surface area (Å²) in [6, 6.07) is 0. The summed E-state index contributed by atoms with van der Waals surface area (Å²) in [6.07, 6.45) is 0. The van der Waals surface area contributed by atoms with E-state index < -0.39 is 0 Å². The maximum Gasteiger partial charge on any atom is 0.000135 e. The molecule has 0 aromatic carbocycles. The molecule has 4 unspecified atom stereocenters. The van der Waals surface area contributed by atoms with Crippen molar-refractivity contribution in [1.82, 2.24) is 0 Å². The van der Waals surface area contributed by atoms with Crippen LogP contribution in [0.5, 0.6) is 0 Å². The molecule has 0 saturated heterocycles. The highest BCUT2D eigenvalue weighted by atomic mass is 32.1. The highest BCUT2D eigenvalue weighted by Gasteiger charge is 2.51. The van der Waals surface area contributed by atoms with Crippen LogP contribution in [-0.2, 0) is 0 Å². The summed E-state index contributed by atoms with van der Waals surface area (Å²) in [6.45, 7) is 24.1. The Morgan fingerprint density at radius 1 is 0.500 bits per heavy atom. The van der Waals surface area contributed by atoms with E-state index in [-0.39, 0.29) is 0 Å². The third kappa shape index (κ3) is 3.77.